The standard InChI is InChI=1S/C26H25Cl2N7O2/c1-26(34-17-10-36-11-17)13-35(14-26)25-15(6-29)4-16(7-33-25)24(31)19-5-18(2-3-23(19)30)37-12-20-21(27)8-32-9-22(20)28/h2-5,7-9,17,31,34H,10-14,30H2,1H3. The molecule has 2 aliphatic rings. The lowest BCUT2D eigenvalue weighted by Gasteiger charge is -2.51. The van der Waals surface area contributed by atoms with Crippen molar-refractivity contribution in [1.82, 2.24) is 15.3 Å². The van der Waals surface area contributed by atoms with Crippen LogP contribution in [0.25, 0.3) is 0 Å². The van der Waals surface area contributed by atoms with Crippen LogP contribution in [-0.4, -0.2) is 53.6 Å². The van der Waals surface area contributed by atoms with Gasteiger partial charge in [0.15, 0.2) is 0 Å². The molecule has 2 aliphatic heterocycles. The second kappa shape index (κ2) is 10.1. The highest BCUT2D eigenvalue weighted by Gasteiger charge is 2.42. The molecule has 0 saturated carbocycles. The third kappa shape index (κ3) is 5.20. The first kappa shape index (κ1) is 25.2. The topological polar surface area (TPSA) is 133 Å². The van der Waals surface area contributed by atoms with Crippen molar-refractivity contribution in [2.45, 2.75) is 25.1 Å². The highest BCUT2D eigenvalue weighted by atomic mass is 35.5. The Hall–Kier alpha value is -3.42. The molecule has 4 heterocycles. The predicted octanol–water partition coefficient (Wildman–Crippen LogP) is 3.80. The lowest BCUT2D eigenvalue weighted by Crippen LogP contribution is -2.72. The summed E-state index contributed by atoms with van der Waals surface area (Å²) in [5.41, 5.74) is 8.66. The minimum atomic E-state index is -0.0478. The molecule has 2 saturated heterocycles. The Morgan fingerprint density at radius 2 is 2.00 bits per heavy atom. The van der Waals surface area contributed by atoms with Crippen LogP contribution in [0.2, 0.25) is 10.0 Å². The zero-order chi connectivity index (χ0) is 26.2. The highest BCUT2D eigenvalue weighted by molar-refractivity contribution is 6.35. The quantitative estimate of drug-likeness (QED) is 0.292. The van der Waals surface area contributed by atoms with Crippen molar-refractivity contribution < 1.29 is 9.47 Å². The molecule has 37 heavy (non-hydrogen) atoms. The predicted molar refractivity (Wildman–Crippen MR) is 143 cm³/mol. The Labute approximate surface area is 224 Å². The number of hydrogen-bond donors (Lipinski definition) is 3. The zero-order valence-corrected chi connectivity index (χ0v) is 21.6. The van der Waals surface area contributed by atoms with Crippen LogP contribution in [0.1, 0.15) is 29.2 Å². The molecule has 0 unspecified atom stereocenters. The molecule has 2 fully saturated rings. The molecule has 0 bridgehead atoms. The summed E-state index contributed by atoms with van der Waals surface area (Å²) in [4.78, 5) is 10.6. The van der Waals surface area contributed by atoms with E-state index in [4.69, 9.17) is 43.8 Å². The van der Waals surface area contributed by atoms with Crippen LogP contribution in [-0.2, 0) is 11.3 Å². The molecule has 0 amide bonds. The maximum atomic E-state index is 9.82. The molecule has 11 heteroatoms. The van der Waals surface area contributed by atoms with E-state index >= 15 is 0 Å². The van der Waals surface area contributed by atoms with Crippen molar-refractivity contribution in [3.63, 3.8) is 0 Å². The van der Waals surface area contributed by atoms with Gasteiger partial charge in [-0.3, -0.25) is 10.4 Å². The third-order valence-corrected chi connectivity index (χ3v) is 7.13. The van der Waals surface area contributed by atoms with Crippen LogP contribution in [0.4, 0.5) is 11.5 Å². The van der Waals surface area contributed by atoms with Crippen LogP contribution in [0.5, 0.6) is 5.75 Å². The average Bonchev–Trinajstić information content (AvgIpc) is 2.84. The number of aromatic nitrogens is 2. The first-order chi connectivity index (χ1) is 17.8. The highest BCUT2D eigenvalue weighted by Crippen LogP contribution is 2.31. The fourth-order valence-electron chi connectivity index (χ4n) is 4.51. The van der Waals surface area contributed by atoms with E-state index < -0.39 is 0 Å². The number of anilines is 2. The molecule has 0 atom stereocenters. The van der Waals surface area contributed by atoms with Crippen LogP contribution >= 0.6 is 23.2 Å². The number of benzene rings is 1. The van der Waals surface area contributed by atoms with E-state index in [9.17, 15) is 5.26 Å². The van der Waals surface area contributed by atoms with Crippen molar-refractivity contribution in [1.29, 1.82) is 10.7 Å². The van der Waals surface area contributed by atoms with Gasteiger partial charge in [0.25, 0.3) is 0 Å². The largest absolute Gasteiger partial charge is 0.489 e. The molecule has 0 aliphatic carbocycles. The zero-order valence-electron chi connectivity index (χ0n) is 20.1. The van der Waals surface area contributed by atoms with Gasteiger partial charge in [0.1, 0.15) is 24.2 Å². The summed E-state index contributed by atoms with van der Waals surface area (Å²) in [6, 6.07) is 9.34. The Bertz CT molecular complexity index is 1380. The second-order valence-corrected chi connectivity index (χ2v) is 10.3. The molecular formula is C26H25Cl2N7O2. The summed E-state index contributed by atoms with van der Waals surface area (Å²) >= 11 is 12.4. The van der Waals surface area contributed by atoms with E-state index in [1.165, 1.54) is 12.4 Å². The van der Waals surface area contributed by atoms with Gasteiger partial charge in [0, 0.05) is 54.1 Å². The Balaban J connectivity index is 1.31. The van der Waals surface area contributed by atoms with Gasteiger partial charge in [-0.2, -0.15) is 5.26 Å². The molecule has 190 valence electrons. The van der Waals surface area contributed by atoms with E-state index in [0.29, 0.717) is 55.6 Å². The Morgan fingerprint density at radius 3 is 2.65 bits per heavy atom. The maximum Gasteiger partial charge on any atom is 0.146 e. The van der Waals surface area contributed by atoms with E-state index in [1.54, 1.807) is 30.5 Å². The summed E-state index contributed by atoms with van der Waals surface area (Å²) in [6.45, 7) is 5.22. The molecule has 5 rings (SSSR count). The molecule has 3 aromatic rings. The number of nitriles is 1. The lowest BCUT2D eigenvalue weighted by atomic mass is 9.90. The van der Waals surface area contributed by atoms with Crippen LogP contribution < -0.4 is 20.7 Å². The molecule has 1 aromatic carbocycles. The Kier molecular flexibility index (Phi) is 6.92. The number of nitrogens with one attached hydrogen (secondary N) is 2. The van der Waals surface area contributed by atoms with Crippen molar-refractivity contribution in [3.05, 3.63) is 75.2 Å². The molecule has 2 aromatic heterocycles. The van der Waals surface area contributed by atoms with E-state index in [0.717, 1.165) is 26.3 Å². The van der Waals surface area contributed by atoms with Gasteiger partial charge in [-0.15, -0.1) is 0 Å². The van der Waals surface area contributed by atoms with Crippen LogP contribution in [0, 0.1) is 16.7 Å². The van der Waals surface area contributed by atoms with Crippen LogP contribution in [0.3, 0.4) is 0 Å². The number of rotatable bonds is 8. The van der Waals surface area contributed by atoms with Crippen LogP contribution in [0.15, 0.2) is 42.9 Å². The minimum absolute atomic E-state index is 0.0478. The van der Waals surface area contributed by atoms with E-state index in [-0.39, 0.29) is 17.9 Å². The monoisotopic (exact) mass is 537 g/mol. The third-order valence-electron chi connectivity index (χ3n) is 6.48. The van der Waals surface area contributed by atoms with Crippen molar-refractivity contribution in [2.24, 2.45) is 0 Å². The summed E-state index contributed by atoms with van der Waals surface area (Å²) in [6.07, 6.45) is 4.60. The van der Waals surface area contributed by atoms with E-state index in [1.807, 2.05) is 0 Å². The van der Waals surface area contributed by atoms with Gasteiger partial charge in [-0.25, -0.2) is 4.98 Å². The second-order valence-electron chi connectivity index (χ2n) is 9.50. The molecule has 4 N–H and O–H groups in total. The Morgan fingerprint density at radius 1 is 1.27 bits per heavy atom. The maximum absolute atomic E-state index is 9.82. The molecular weight excluding hydrogens is 513 g/mol. The van der Waals surface area contributed by atoms with Gasteiger partial charge in [-0.05, 0) is 31.2 Å². The smallest absolute Gasteiger partial charge is 0.146 e. The minimum Gasteiger partial charge on any atom is -0.489 e. The van der Waals surface area contributed by atoms with E-state index in [2.05, 4.69) is 33.2 Å². The molecule has 0 spiro atoms. The molecule has 9 nitrogen and oxygen atoms in total. The number of halogens is 2. The van der Waals surface area contributed by atoms with Crippen molar-refractivity contribution in [3.8, 4) is 11.8 Å². The summed E-state index contributed by atoms with van der Waals surface area (Å²) in [7, 11) is 0. The number of ether oxygens (including phenoxy) is 2. The van der Waals surface area contributed by atoms with Gasteiger partial charge >= 0.3 is 0 Å². The SMILES string of the molecule is CC1(NC2COC2)CN(c2ncc(C(=N)c3cc(OCc4c(Cl)cncc4Cl)ccc3N)cc2C#N)C1. The first-order valence-electron chi connectivity index (χ1n) is 11.7. The van der Waals surface area contributed by atoms with Gasteiger partial charge in [0.2, 0.25) is 0 Å². The normalized spacial score (nSPS) is 16.4. The summed E-state index contributed by atoms with van der Waals surface area (Å²) < 4.78 is 11.1. The van der Waals surface area contributed by atoms with Gasteiger partial charge in [-0.1, -0.05) is 23.2 Å². The van der Waals surface area contributed by atoms with Crippen molar-refractivity contribution in [2.75, 3.05) is 36.9 Å². The number of nitrogens with two attached hydrogens (primary N) is 1. The first-order valence-corrected chi connectivity index (χ1v) is 12.4. The fourth-order valence-corrected chi connectivity index (χ4v) is 4.98. The van der Waals surface area contributed by atoms with Gasteiger partial charge in [0.05, 0.1) is 46.1 Å². The number of hydrogen-bond acceptors (Lipinski definition) is 9. The number of nitrogen functional groups attached to an aromatic ring is 1. The number of pyridine rings is 2. The van der Waals surface area contributed by atoms with Crippen molar-refractivity contribution >= 4 is 40.4 Å². The molecule has 0 radical (unpaired) electrons. The average molecular weight is 538 g/mol. The fraction of sp³-hybridized carbons (Fsp3) is 0.308. The van der Waals surface area contributed by atoms with Gasteiger partial charge < -0.3 is 25.4 Å². The summed E-state index contributed by atoms with van der Waals surface area (Å²) in [5.74, 6) is 1.10. The summed E-state index contributed by atoms with van der Waals surface area (Å²) in [5, 5.41) is 23.0. The number of nitrogens with zero attached hydrogens (tertiary/aromatic N) is 4. The lowest BCUT2D eigenvalue weighted by molar-refractivity contribution is -0.0209.